The van der Waals surface area contributed by atoms with Gasteiger partial charge in [-0.05, 0) is 11.6 Å². The van der Waals surface area contributed by atoms with Crippen molar-refractivity contribution in [2.75, 3.05) is 6.26 Å². The number of aromatic nitrogens is 1. The van der Waals surface area contributed by atoms with Crippen LogP contribution in [0.4, 0.5) is 0 Å². The number of hydrogen-bond acceptors (Lipinski definition) is 3. The first kappa shape index (κ1) is 9.15. The molecule has 65 valence electrons. The molecule has 0 saturated heterocycles. The van der Waals surface area contributed by atoms with Gasteiger partial charge in [0.15, 0.2) is 0 Å². The molecule has 0 saturated carbocycles. The molecule has 12 heavy (non-hydrogen) atoms. The van der Waals surface area contributed by atoms with E-state index in [9.17, 15) is 8.42 Å². The van der Waals surface area contributed by atoms with Gasteiger partial charge in [-0.15, -0.1) is 0 Å². The van der Waals surface area contributed by atoms with Gasteiger partial charge in [-0.25, -0.2) is 13.1 Å². The average Bonchev–Trinajstić information content (AvgIpc) is 2.02. The van der Waals surface area contributed by atoms with Crippen molar-refractivity contribution in [1.82, 2.24) is 9.71 Å². The highest BCUT2D eigenvalue weighted by atomic mass is 32.2. The predicted molar refractivity (Wildman–Crippen MR) is 44.8 cm³/mol. The lowest BCUT2D eigenvalue weighted by atomic mass is 10.3. The lowest BCUT2D eigenvalue weighted by Crippen LogP contribution is -2.21. The van der Waals surface area contributed by atoms with Crippen molar-refractivity contribution < 1.29 is 8.42 Å². The van der Waals surface area contributed by atoms with Gasteiger partial charge in [0.1, 0.15) is 0 Å². The first-order chi connectivity index (χ1) is 5.58. The summed E-state index contributed by atoms with van der Waals surface area (Å²) in [7, 11) is -3.12. The van der Waals surface area contributed by atoms with Gasteiger partial charge in [-0.2, -0.15) is 0 Å². The van der Waals surface area contributed by atoms with E-state index in [0.29, 0.717) is 0 Å². The summed E-state index contributed by atoms with van der Waals surface area (Å²) in [6.07, 6.45) is 5.37. The first-order valence-corrected chi connectivity index (χ1v) is 5.23. The van der Waals surface area contributed by atoms with Crippen molar-refractivity contribution in [1.29, 1.82) is 0 Å². The Morgan fingerprint density at radius 1 is 1.67 bits per heavy atom. The van der Waals surface area contributed by atoms with Crippen LogP contribution in [0.2, 0.25) is 0 Å². The molecule has 1 N–H and O–H groups in total. The number of pyridine rings is 1. The molecule has 0 unspecified atom stereocenters. The van der Waals surface area contributed by atoms with Crippen LogP contribution in [0, 0.1) is 6.20 Å². The molecule has 1 rings (SSSR count). The molecular formula is C7H9N2O2S. The molecule has 1 aromatic heterocycles. The van der Waals surface area contributed by atoms with Crippen LogP contribution in [0.25, 0.3) is 0 Å². The summed E-state index contributed by atoms with van der Waals surface area (Å²) in [5, 5.41) is 0. The molecule has 0 aliphatic carbocycles. The Morgan fingerprint density at radius 2 is 2.42 bits per heavy atom. The van der Waals surface area contributed by atoms with Crippen molar-refractivity contribution in [3.8, 4) is 0 Å². The highest BCUT2D eigenvalue weighted by molar-refractivity contribution is 7.88. The second-order valence-corrected chi connectivity index (χ2v) is 4.20. The van der Waals surface area contributed by atoms with E-state index in [4.69, 9.17) is 0 Å². The van der Waals surface area contributed by atoms with Crippen LogP contribution >= 0.6 is 0 Å². The normalized spacial score (nSPS) is 11.4. The fourth-order valence-corrected chi connectivity index (χ4v) is 1.08. The summed E-state index contributed by atoms with van der Waals surface area (Å²) >= 11 is 0. The molecule has 1 aromatic rings. The van der Waals surface area contributed by atoms with E-state index >= 15 is 0 Å². The number of rotatable bonds is 3. The lowest BCUT2D eigenvalue weighted by molar-refractivity contribution is 0.587. The van der Waals surface area contributed by atoms with Gasteiger partial charge < -0.3 is 0 Å². The standard InChI is InChI=1S/C7H9N2O2S/c1-12(10,11)9-6-7-3-2-4-8-5-7/h2-4,9H,6H2,1H3. The third-order valence-electron chi connectivity index (χ3n) is 1.19. The maximum Gasteiger partial charge on any atom is 0.209 e. The summed E-state index contributed by atoms with van der Waals surface area (Å²) in [5.41, 5.74) is 0.725. The van der Waals surface area contributed by atoms with Gasteiger partial charge in [-0.1, -0.05) is 6.07 Å². The van der Waals surface area contributed by atoms with Gasteiger partial charge in [0, 0.05) is 12.7 Å². The molecule has 0 fully saturated rings. The molecule has 0 spiro atoms. The Balaban J connectivity index is 2.56. The Kier molecular flexibility index (Phi) is 2.78. The van der Waals surface area contributed by atoms with E-state index in [0.717, 1.165) is 11.8 Å². The summed E-state index contributed by atoms with van der Waals surface area (Å²) in [6, 6.07) is 3.49. The van der Waals surface area contributed by atoms with E-state index < -0.39 is 10.0 Å². The van der Waals surface area contributed by atoms with E-state index in [1.165, 1.54) is 0 Å². The summed E-state index contributed by atoms with van der Waals surface area (Å²) in [6.45, 7) is 0.243. The zero-order valence-electron chi connectivity index (χ0n) is 6.61. The molecule has 1 radical (unpaired) electrons. The van der Waals surface area contributed by atoms with E-state index in [-0.39, 0.29) is 6.54 Å². The number of nitrogens with zero attached hydrogens (tertiary/aromatic N) is 1. The Hall–Kier alpha value is -0.940. The average molecular weight is 185 g/mol. The minimum Gasteiger partial charge on any atom is -0.254 e. The molecule has 4 nitrogen and oxygen atoms in total. The third kappa shape index (κ3) is 3.45. The lowest BCUT2D eigenvalue weighted by Gasteiger charge is -1.99. The number of nitrogens with one attached hydrogen (secondary N) is 1. The van der Waals surface area contributed by atoms with Crippen LogP contribution in [0.1, 0.15) is 5.56 Å². The molecule has 1 heterocycles. The van der Waals surface area contributed by atoms with Gasteiger partial charge in [-0.3, -0.25) is 4.98 Å². The Bertz CT molecular complexity index is 334. The molecular weight excluding hydrogens is 176 g/mol. The Labute approximate surface area is 71.7 Å². The van der Waals surface area contributed by atoms with Crippen LogP contribution < -0.4 is 4.72 Å². The molecule has 0 aliphatic rings. The molecule has 5 heteroatoms. The van der Waals surface area contributed by atoms with Crippen molar-refractivity contribution in [2.45, 2.75) is 6.54 Å². The first-order valence-electron chi connectivity index (χ1n) is 3.34. The predicted octanol–water partition coefficient (Wildman–Crippen LogP) is -0.0690. The molecule has 0 atom stereocenters. The maximum atomic E-state index is 10.7. The van der Waals surface area contributed by atoms with Crippen molar-refractivity contribution in [3.63, 3.8) is 0 Å². The monoisotopic (exact) mass is 185 g/mol. The SMILES string of the molecule is CS(=O)(=O)NCc1[c]nccc1. The van der Waals surface area contributed by atoms with Crippen molar-refractivity contribution in [3.05, 3.63) is 30.1 Å². The number of sulfonamides is 1. The quantitative estimate of drug-likeness (QED) is 0.717. The zero-order valence-corrected chi connectivity index (χ0v) is 7.43. The van der Waals surface area contributed by atoms with E-state index in [2.05, 4.69) is 15.9 Å². The van der Waals surface area contributed by atoms with Crippen LogP contribution in [0.15, 0.2) is 18.3 Å². The fraction of sp³-hybridized carbons (Fsp3) is 0.286. The molecule has 0 bridgehead atoms. The summed E-state index contributed by atoms with van der Waals surface area (Å²) in [5.74, 6) is 0. The van der Waals surface area contributed by atoms with Gasteiger partial charge >= 0.3 is 0 Å². The van der Waals surface area contributed by atoms with Gasteiger partial charge in [0.2, 0.25) is 10.0 Å². The summed E-state index contributed by atoms with van der Waals surface area (Å²) < 4.78 is 23.7. The highest BCUT2D eigenvalue weighted by Gasteiger charge is 1.99. The van der Waals surface area contributed by atoms with Crippen molar-refractivity contribution in [2.24, 2.45) is 0 Å². The van der Waals surface area contributed by atoms with Crippen LogP contribution in [0.3, 0.4) is 0 Å². The molecule has 0 amide bonds. The second-order valence-electron chi connectivity index (χ2n) is 2.37. The topological polar surface area (TPSA) is 59.1 Å². The Morgan fingerprint density at radius 3 is 2.92 bits per heavy atom. The number of hydrogen-bond donors (Lipinski definition) is 1. The fourth-order valence-electron chi connectivity index (χ4n) is 0.667. The molecule has 0 aliphatic heterocycles. The van der Waals surface area contributed by atoms with Gasteiger partial charge in [0.05, 0.1) is 12.5 Å². The van der Waals surface area contributed by atoms with Crippen LogP contribution in [-0.4, -0.2) is 19.7 Å². The minimum absolute atomic E-state index is 0.243. The molecule has 0 aromatic carbocycles. The maximum absolute atomic E-state index is 10.7. The zero-order chi connectivity index (χ0) is 9.03. The van der Waals surface area contributed by atoms with E-state index in [1.807, 2.05) is 0 Å². The smallest absolute Gasteiger partial charge is 0.209 e. The van der Waals surface area contributed by atoms with E-state index in [1.54, 1.807) is 18.3 Å². The van der Waals surface area contributed by atoms with Gasteiger partial charge in [0.25, 0.3) is 0 Å². The highest BCUT2D eigenvalue weighted by Crippen LogP contribution is 1.93. The van der Waals surface area contributed by atoms with Crippen LogP contribution in [-0.2, 0) is 16.6 Å². The second kappa shape index (κ2) is 3.64. The minimum atomic E-state index is -3.12. The summed E-state index contributed by atoms with van der Waals surface area (Å²) in [4.78, 5) is 3.73. The largest absolute Gasteiger partial charge is 0.254 e. The van der Waals surface area contributed by atoms with Crippen LogP contribution in [0.5, 0.6) is 0 Å². The van der Waals surface area contributed by atoms with Crippen molar-refractivity contribution >= 4 is 10.0 Å². The third-order valence-corrected chi connectivity index (χ3v) is 1.86.